The molecule has 3 nitrogen and oxygen atoms in total. The first-order chi connectivity index (χ1) is 6.62. The zero-order chi connectivity index (χ0) is 9.92. The average molecular weight is 194 g/mol. The van der Waals surface area contributed by atoms with Crippen LogP contribution in [0.4, 0.5) is 0 Å². The number of carbonyl (C=O) groups is 1. The molecule has 0 aromatic rings. The van der Waals surface area contributed by atoms with Crippen LogP contribution < -0.4 is 0 Å². The molecule has 4 atom stereocenters. The third-order valence-corrected chi connectivity index (χ3v) is 3.90. The average Bonchev–Trinajstić information content (AvgIpc) is 2.55. The van der Waals surface area contributed by atoms with Crippen LogP contribution in [0.25, 0.3) is 0 Å². The molecule has 0 amide bonds. The lowest BCUT2D eigenvalue weighted by Gasteiger charge is -2.33. The molecule has 0 unspecified atom stereocenters. The van der Waals surface area contributed by atoms with Gasteiger partial charge in [-0.3, -0.25) is 0 Å². The van der Waals surface area contributed by atoms with E-state index in [9.17, 15) is 9.90 Å². The monoisotopic (exact) mass is 194 g/mol. The predicted octanol–water partition coefficient (Wildman–Crippen LogP) is 1.02. The zero-order valence-corrected chi connectivity index (χ0v) is 8.19. The fourth-order valence-electron chi connectivity index (χ4n) is 3.25. The van der Waals surface area contributed by atoms with Gasteiger partial charge in [0.15, 0.2) is 0 Å². The maximum Gasteiger partial charge on any atom is 0.337 e. The summed E-state index contributed by atoms with van der Waals surface area (Å²) in [5.74, 6) is 0.322. The van der Waals surface area contributed by atoms with Gasteiger partial charge in [-0.25, -0.2) is 4.79 Å². The van der Waals surface area contributed by atoms with Crippen molar-refractivity contribution in [2.75, 3.05) is 0 Å². The molecule has 0 bridgehead atoms. The Hall–Kier alpha value is -0.830. The van der Waals surface area contributed by atoms with Gasteiger partial charge in [0.05, 0.1) is 5.57 Å². The number of hydrogen-bond donors (Lipinski definition) is 1. The molecular formula is C11H14O3. The van der Waals surface area contributed by atoms with Gasteiger partial charge in [0.25, 0.3) is 0 Å². The molecule has 3 aliphatic rings. The molecule has 1 aliphatic heterocycles. The molecule has 3 rings (SSSR count). The topological polar surface area (TPSA) is 46.5 Å². The van der Waals surface area contributed by atoms with E-state index >= 15 is 0 Å². The highest BCUT2D eigenvalue weighted by atomic mass is 16.6. The van der Waals surface area contributed by atoms with Gasteiger partial charge in [-0.1, -0.05) is 13.0 Å². The number of ether oxygens (including phenoxy) is 1. The molecule has 1 N–H and O–H groups in total. The summed E-state index contributed by atoms with van der Waals surface area (Å²) in [5, 5.41) is 10.5. The van der Waals surface area contributed by atoms with Crippen molar-refractivity contribution in [3.63, 3.8) is 0 Å². The van der Waals surface area contributed by atoms with Crippen LogP contribution in [0.1, 0.15) is 26.2 Å². The van der Waals surface area contributed by atoms with E-state index in [-0.39, 0.29) is 18.0 Å². The van der Waals surface area contributed by atoms with Crippen molar-refractivity contribution < 1.29 is 14.6 Å². The zero-order valence-electron chi connectivity index (χ0n) is 8.19. The van der Waals surface area contributed by atoms with Gasteiger partial charge in [-0.15, -0.1) is 0 Å². The smallest absolute Gasteiger partial charge is 0.337 e. The third kappa shape index (κ3) is 0.793. The third-order valence-electron chi connectivity index (χ3n) is 3.90. The minimum Gasteiger partial charge on any atom is -0.455 e. The first kappa shape index (κ1) is 8.48. The fraction of sp³-hybridized carbons (Fsp3) is 0.727. The Kier molecular flexibility index (Phi) is 1.45. The molecule has 1 saturated heterocycles. The largest absolute Gasteiger partial charge is 0.455 e. The number of aliphatic hydroxyl groups is 1. The molecule has 2 fully saturated rings. The van der Waals surface area contributed by atoms with Gasteiger partial charge in [-0.2, -0.15) is 0 Å². The molecular weight excluding hydrogens is 180 g/mol. The van der Waals surface area contributed by atoms with Crippen molar-refractivity contribution in [2.24, 2.45) is 11.8 Å². The Bertz CT molecular complexity index is 333. The van der Waals surface area contributed by atoms with Crippen LogP contribution in [0.15, 0.2) is 11.6 Å². The molecule has 1 saturated carbocycles. The molecule has 0 aromatic heterocycles. The molecule has 0 spiro atoms. The highest BCUT2D eigenvalue weighted by Gasteiger charge is 2.61. The maximum atomic E-state index is 11.5. The van der Waals surface area contributed by atoms with E-state index in [0.717, 1.165) is 19.3 Å². The summed E-state index contributed by atoms with van der Waals surface area (Å²) in [4.78, 5) is 11.5. The van der Waals surface area contributed by atoms with Crippen molar-refractivity contribution in [1.82, 2.24) is 0 Å². The first-order valence-corrected chi connectivity index (χ1v) is 5.28. The van der Waals surface area contributed by atoms with E-state index in [1.807, 2.05) is 6.08 Å². The van der Waals surface area contributed by atoms with Gasteiger partial charge in [0.1, 0.15) is 11.7 Å². The van der Waals surface area contributed by atoms with E-state index in [4.69, 9.17) is 4.74 Å². The van der Waals surface area contributed by atoms with Crippen LogP contribution in [0.3, 0.4) is 0 Å². The fourth-order valence-corrected chi connectivity index (χ4v) is 3.25. The van der Waals surface area contributed by atoms with Gasteiger partial charge in [0.2, 0.25) is 0 Å². The number of carbonyl (C=O) groups excluding carboxylic acids is 1. The van der Waals surface area contributed by atoms with E-state index in [1.54, 1.807) is 0 Å². The summed E-state index contributed by atoms with van der Waals surface area (Å²) in [5.41, 5.74) is -0.410. The van der Waals surface area contributed by atoms with E-state index in [1.165, 1.54) is 0 Å². The van der Waals surface area contributed by atoms with Crippen molar-refractivity contribution in [3.8, 4) is 0 Å². The lowest BCUT2D eigenvalue weighted by Crippen LogP contribution is -2.43. The molecule has 2 aliphatic carbocycles. The Labute approximate surface area is 82.8 Å². The second-order valence-electron chi connectivity index (χ2n) is 4.79. The van der Waals surface area contributed by atoms with Crippen LogP contribution in [-0.2, 0) is 9.53 Å². The Morgan fingerprint density at radius 1 is 1.57 bits per heavy atom. The number of hydrogen-bond acceptors (Lipinski definition) is 3. The van der Waals surface area contributed by atoms with Gasteiger partial charge < -0.3 is 9.84 Å². The summed E-state index contributed by atoms with van der Waals surface area (Å²) in [6.45, 7) is 2.09. The van der Waals surface area contributed by atoms with Crippen molar-refractivity contribution >= 4 is 5.97 Å². The number of rotatable bonds is 0. The van der Waals surface area contributed by atoms with Crippen molar-refractivity contribution in [2.45, 2.75) is 37.9 Å². The highest BCUT2D eigenvalue weighted by Crippen LogP contribution is 2.52. The summed E-state index contributed by atoms with van der Waals surface area (Å²) in [6.07, 6.45) is 4.41. The number of allylic oxidation sites excluding steroid dienone is 1. The van der Waals surface area contributed by atoms with E-state index < -0.39 is 5.60 Å². The van der Waals surface area contributed by atoms with Crippen LogP contribution in [0.2, 0.25) is 0 Å². The first-order valence-electron chi connectivity index (χ1n) is 5.28. The lowest BCUT2D eigenvalue weighted by atomic mass is 9.73. The standard InChI is InChI=1S/C11H14O3/c1-6-4-7-2-3-9-11(7,13)8(5-6)10(12)14-9/h5-7,9,13H,2-4H2,1H3/t6-,7+,9+,11-/m0/s1. The van der Waals surface area contributed by atoms with Gasteiger partial charge in [-0.05, 0) is 31.1 Å². The highest BCUT2D eigenvalue weighted by molar-refractivity contribution is 5.94. The minimum absolute atomic E-state index is 0.231. The Balaban J connectivity index is 2.14. The molecule has 14 heavy (non-hydrogen) atoms. The lowest BCUT2D eigenvalue weighted by molar-refractivity contribution is -0.140. The number of esters is 1. The molecule has 1 heterocycles. The minimum atomic E-state index is -0.941. The molecule has 76 valence electrons. The van der Waals surface area contributed by atoms with Crippen LogP contribution >= 0.6 is 0 Å². The molecule has 0 aromatic carbocycles. The molecule has 3 heteroatoms. The van der Waals surface area contributed by atoms with Crippen LogP contribution in [0, 0.1) is 11.8 Å². The normalized spacial score (nSPS) is 50.0. The Morgan fingerprint density at radius 2 is 2.36 bits per heavy atom. The summed E-state index contributed by atoms with van der Waals surface area (Å²) >= 11 is 0. The van der Waals surface area contributed by atoms with Gasteiger partial charge in [0, 0.05) is 0 Å². The maximum absolute atomic E-state index is 11.5. The van der Waals surface area contributed by atoms with E-state index in [2.05, 4.69) is 6.92 Å². The van der Waals surface area contributed by atoms with E-state index in [0.29, 0.717) is 11.5 Å². The van der Waals surface area contributed by atoms with Crippen LogP contribution in [0.5, 0.6) is 0 Å². The van der Waals surface area contributed by atoms with Crippen LogP contribution in [-0.4, -0.2) is 22.8 Å². The summed E-state index contributed by atoms with van der Waals surface area (Å²) in [7, 11) is 0. The summed E-state index contributed by atoms with van der Waals surface area (Å²) < 4.78 is 5.19. The second-order valence-corrected chi connectivity index (χ2v) is 4.79. The van der Waals surface area contributed by atoms with Crippen molar-refractivity contribution in [1.29, 1.82) is 0 Å². The summed E-state index contributed by atoms with van der Waals surface area (Å²) in [6, 6.07) is 0. The van der Waals surface area contributed by atoms with Gasteiger partial charge >= 0.3 is 5.97 Å². The Morgan fingerprint density at radius 3 is 3.14 bits per heavy atom. The quantitative estimate of drug-likeness (QED) is 0.586. The van der Waals surface area contributed by atoms with Crippen molar-refractivity contribution in [3.05, 3.63) is 11.6 Å². The second kappa shape index (κ2) is 2.40. The SMILES string of the molecule is C[C@@H]1C=C2C(=O)O[C@@H]3CC[C@H](C1)[C@]23O. The predicted molar refractivity (Wildman–Crippen MR) is 49.4 cm³/mol. The molecule has 0 radical (unpaired) electrons.